The van der Waals surface area contributed by atoms with Crippen molar-refractivity contribution in [3.05, 3.63) is 20.8 Å². The van der Waals surface area contributed by atoms with E-state index in [0.29, 0.717) is 10.9 Å². The molecule has 0 atom stereocenters. The minimum Gasteiger partial charge on any atom is -0.268 e. The van der Waals surface area contributed by atoms with Crippen LogP contribution in [0.5, 0.6) is 0 Å². The molecular formula is C13H14N4OS2. The molecule has 3 heterocycles. The van der Waals surface area contributed by atoms with E-state index in [0.717, 1.165) is 23.1 Å². The lowest BCUT2D eigenvalue weighted by molar-refractivity contribution is 0.699. The SMILES string of the molecule is CSc1nn(C)c2nc3sc4c(c3c(=O)n12)CCCC4. The molecule has 5 nitrogen and oxygen atoms in total. The summed E-state index contributed by atoms with van der Waals surface area (Å²) in [6.07, 6.45) is 6.42. The zero-order valence-electron chi connectivity index (χ0n) is 11.3. The molecule has 3 aromatic heterocycles. The summed E-state index contributed by atoms with van der Waals surface area (Å²) in [6.45, 7) is 0. The Bertz CT molecular complexity index is 889. The van der Waals surface area contributed by atoms with Gasteiger partial charge in [0, 0.05) is 11.9 Å². The highest BCUT2D eigenvalue weighted by Crippen LogP contribution is 2.34. The van der Waals surface area contributed by atoms with Crippen LogP contribution in [-0.2, 0) is 19.9 Å². The normalized spacial score (nSPS) is 15.1. The van der Waals surface area contributed by atoms with Gasteiger partial charge >= 0.3 is 0 Å². The van der Waals surface area contributed by atoms with Crippen LogP contribution in [0.4, 0.5) is 0 Å². The molecule has 1 aliphatic carbocycles. The third-order valence-electron chi connectivity index (χ3n) is 3.87. The van der Waals surface area contributed by atoms with E-state index in [1.54, 1.807) is 20.4 Å². The molecule has 0 fully saturated rings. The molecule has 7 heteroatoms. The number of aromatic nitrogens is 4. The Morgan fingerprint density at radius 3 is 2.90 bits per heavy atom. The maximum Gasteiger partial charge on any atom is 0.270 e. The van der Waals surface area contributed by atoms with Crippen molar-refractivity contribution < 1.29 is 0 Å². The predicted molar refractivity (Wildman–Crippen MR) is 82.0 cm³/mol. The molecule has 0 aromatic carbocycles. The van der Waals surface area contributed by atoms with Gasteiger partial charge in [-0.3, -0.25) is 4.79 Å². The molecule has 0 spiro atoms. The van der Waals surface area contributed by atoms with Crippen molar-refractivity contribution in [2.45, 2.75) is 30.8 Å². The van der Waals surface area contributed by atoms with Gasteiger partial charge in [0.05, 0.1) is 5.39 Å². The molecular weight excluding hydrogens is 292 g/mol. The van der Waals surface area contributed by atoms with E-state index in [9.17, 15) is 4.79 Å². The van der Waals surface area contributed by atoms with Gasteiger partial charge in [-0.15, -0.1) is 16.4 Å². The van der Waals surface area contributed by atoms with E-state index in [1.165, 1.54) is 35.0 Å². The minimum absolute atomic E-state index is 0.0434. The van der Waals surface area contributed by atoms with Crippen LogP contribution in [0.25, 0.3) is 16.0 Å². The molecule has 0 unspecified atom stereocenters. The Morgan fingerprint density at radius 2 is 2.10 bits per heavy atom. The zero-order valence-corrected chi connectivity index (χ0v) is 13.0. The van der Waals surface area contributed by atoms with Gasteiger partial charge in [-0.25, -0.2) is 14.1 Å². The quantitative estimate of drug-likeness (QED) is 0.647. The van der Waals surface area contributed by atoms with Gasteiger partial charge in [0.25, 0.3) is 5.56 Å². The highest BCUT2D eigenvalue weighted by molar-refractivity contribution is 7.98. The van der Waals surface area contributed by atoms with Gasteiger partial charge < -0.3 is 0 Å². The summed E-state index contributed by atoms with van der Waals surface area (Å²) < 4.78 is 3.33. The van der Waals surface area contributed by atoms with E-state index in [1.807, 2.05) is 13.3 Å². The predicted octanol–water partition coefficient (Wildman–Crippen LogP) is 2.24. The molecule has 104 valence electrons. The number of hydrogen-bond donors (Lipinski definition) is 0. The van der Waals surface area contributed by atoms with Crippen molar-refractivity contribution in [2.24, 2.45) is 7.05 Å². The van der Waals surface area contributed by atoms with Crippen LogP contribution in [0.3, 0.4) is 0 Å². The molecule has 0 N–H and O–H groups in total. The molecule has 0 saturated carbocycles. The monoisotopic (exact) mass is 306 g/mol. The summed E-state index contributed by atoms with van der Waals surface area (Å²) >= 11 is 3.16. The third kappa shape index (κ3) is 1.53. The fraction of sp³-hybridized carbons (Fsp3) is 0.462. The summed E-state index contributed by atoms with van der Waals surface area (Å²) in [5.74, 6) is 0.630. The lowest BCUT2D eigenvalue weighted by atomic mass is 9.97. The second-order valence-corrected chi connectivity index (χ2v) is 6.91. The third-order valence-corrected chi connectivity index (χ3v) is 5.69. The summed E-state index contributed by atoms with van der Waals surface area (Å²) in [4.78, 5) is 19.8. The van der Waals surface area contributed by atoms with Crippen molar-refractivity contribution in [3.63, 3.8) is 0 Å². The Balaban J connectivity index is 2.20. The lowest BCUT2D eigenvalue weighted by Gasteiger charge is -2.09. The molecule has 20 heavy (non-hydrogen) atoms. The number of fused-ring (bicyclic) bond motifs is 4. The first kappa shape index (κ1) is 12.4. The fourth-order valence-corrected chi connectivity index (χ4v) is 4.73. The van der Waals surface area contributed by atoms with Gasteiger partial charge in [-0.1, -0.05) is 11.8 Å². The van der Waals surface area contributed by atoms with Crippen molar-refractivity contribution in [3.8, 4) is 0 Å². The van der Waals surface area contributed by atoms with Crippen molar-refractivity contribution in [2.75, 3.05) is 6.26 Å². The summed E-state index contributed by atoms with van der Waals surface area (Å²) in [6, 6.07) is 0. The van der Waals surface area contributed by atoms with E-state index in [-0.39, 0.29) is 5.56 Å². The molecule has 0 saturated heterocycles. The Labute approximate surface area is 123 Å². The second-order valence-electron chi connectivity index (χ2n) is 5.05. The van der Waals surface area contributed by atoms with Crippen LogP contribution < -0.4 is 5.56 Å². The van der Waals surface area contributed by atoms with Crippen molar-refractivity contribution in [1.29, 1.82) is 0 Å². The lowest BCUT2D eigenvalue weighted by Crippen LogP contribution is -2.16. The molecule has 0 radical (unpaired) electrons. The Kier molecular flexibility index (Phi) is 2.68. The number of nitrogens with zero attached hydrogens (tertiary/aromatic N) is 4. The van der Waals surface area contributed by atoms with Crippen LogP contribution in [-0.4, -0.2) is 25.4 Å². The van der Waals surface area contributed by atoms with Crippen LogP contribution in [0.1, 0.15) is 23.3 Å². The maximum atomic E-state index is 12.9. The second kappa shape index (κ2) is 4.33. The van der Waals surface area contributed by atoms with Crippen molar-refractivity contribution in [1.82, 2.24) is 19.2 Å². The molecule has 4 rings (SSSR count). The van der Waals surface area contributed by atoms with Crippen LogP contribution >= 0.6 is 23.1 Å². The van der Waals surface area contributed by atoms with Crippen LogP contribution in [0, 0.1) is 0 Å². The summed E-state index contributed by atoms with van der Waals surface area (Å²) in [5.41, 5.74) is 1.28. The van der Waals surface area contributed by atoms with Crippen LogP contribution in [0.2, 0.25) is 0 Å². The molecule has 1 aliphatic rings. The van der Waals surface area contributed by atoms with Gasteiger partial charge in [-0.05, 0) is 37.5 Å². The summed E-state index contributed by atoms with van der Waals surface area (Å²) in [7, 11) is 1.83. The number of thiophene rings is 1. The highest BCUT2D eigenvalue weighted by Gasteiger charge is 2.22. The first-order chi connectivity index (χ1) is 9.70. The van der Waals surface area contributed by atoms with Gasteiger partial charge in [0.2, 0.25) is 5.78 Å². The number of thioether (sulfide) groups is 1. The number of rotatable bonds is 1. The molecule has 3 aromatic rings. The van der Waals surface area contributed by atoms with Crippen LogP contribution in [0.15, 0.2) is 9.95 Å². The maximum absolute atomic E-state index is 12.9. The van der Waals surface area contributed by atoms with E-state index in [4.69, 9.17) is 0 Å². The largest absolute Gasteiger partial charge is 0.270 e. The first-order valence-electron chi connectivity index (χ1n) is 6.64. The number of hydrogen-bond acceptors (Lipinski definition) is 5. The van der Waals surface area contributed by atoms with Crippen molar-refractivity contribution >= 4 is 39.1 Å². The topological polar surface area (TPSA) is 52.2 Å². The minimum atomic E-state index is 0.0434. The van der Waals surface area contributed by atoms with E-state index < -0.39 is 0 Å². The summed E-state index contributed by atoms with van der Waals surface area (Å²) in [5, 5.41) is 5.90. The van der Waals surface area contributed by atoms with Gasteiger partial charge in [-0.2, -0.15) is 0 Å². The molecule has 0 amide bonds. The smallest absolute Gasteiger partial charge is 0.268 e. The Morgan fingerprint density at radius 1 is 1.30 bits per heavy atom. The first-order valence-corrected chi connectivity index (χ1v) is 8.69. The zero-order chi connectivity index (χ0) is 13.9. The molecule has 0 bridgehead atoms. The Hall–Kier alpha value is -1.34. The molecule has 0 aliphatic heterocycles. The van der Waals surface area contributed by atoms with Gasteiger partial charge in [0.1, 0.15) is 4.83 Å². The average molecular weight is 306 g/mol. The van der Waals surface area contributed by atoms with E-state index >= 15 is 0 Å². The average Bonchev–Trinajstić information content (AvgIpc) is 2.97. The van der Waals surface area contributed by atoms with Gasteiger partial charge in [0.15, 0.2) is 5.16 Å². The standard InChI is InChI=1S/C13H14N4OS2/c1-16-12-14-10-9(7-5-3-4-6-8(7)20-10)11(18)17(12)13(15-16)19-2/h3-6H2,1-2H3. The van der Waals surface area contributed by atoms with E-state index in [2.05, 4.69) is 10.1 Å². The fourth-order valence-electron chi connectivity index (χ4n) is 2.93. The number of aryl methyl sites for hydroxylation is 3. The highest BCUT2D eigenvalue weighted by atomic mass is 32.2.